The number of ether oxygens (including phenoxy) is 1. The molecule has 166 valence electrons. The van der Waals surface area contributed by atoms with Crippen LogP contribution in [0.25, 0.3) is 0 Å². The van der Waals surface area contributed by atoms with Crippen molar-refractivity contribution in [3.63, 3.8) is 0 Å². The molecule has 2 saturated carbocycles. The molecule has 3 aliphatic rings. The Bertz CT molecular complexity index is 929. The van der Waals surface area contributed by atoms with Gasteiger partial charge in [-0.2, -0.15) is 0 Å². The van der Waals surface area contributed by atoms with Gasteiger partial charge in [0.2, 0.25) is 11.8 Å². The number of rotatable bonds is 6. The van der Waals surface area contributed by atoms with E-state index >= 15 is 0 Å². The Morgan fingerprint density at radius 1 is 1.10 bits per heavy atom. The van der Waals surface area contributed by atoms with Crippen molar-refractivity contribution in [2.45, 2.75) is 22.5 Å². The molecule has 2 bridgehead atoms. The summed E-state index contributed by atoms with van der Waals surface area (Å²) in [5.74, 6) is -2.09. The number of fused-ring (bicyclic) bond motifs is 5. The molecule has 0 radical (unpaired) electrons. The molecular formula is C20H18Br2Cl2N2O5. The molecule has 2 aliphatic carbocycles. The van der Waals surface area contributed by atoms with E-state index in [1.54, 1.807) is 6.07 Å². The van der Waals surface area contributed by atoms with Gasteiger partial charge in [0.1, 0.15) is 0 Å². The summed E-state index contributed by atoms with van der Waals surface area (Å²) >= 11 is 19.1. The minimum Gasteiger partial charge on any atom is -0.456 e. The van der Waals surface area contributed by atoms with Gasteiger partial charge in [-0.15, -0.1) is 0 Å². The summed E-state index contributed by atoms with van der Waals surface area (Å²) in [6.45, 7) is -0.569. The smallest absolute Gasteiger partial charge is 0.308 e. The van der Waals surface area contributed by atoms with Crippen molar-refractivity contribution in [2.75, 3.05) is 18.5 Å². The molecule has 6 atom stereocenters. The predicted molar refractivity (Wildman–Crippen MR) is 121 cm³/mol. The Morgan fingerprint density at radius 2 is 1.71 bits per heavy atom. The maximum absolute atomic E-state index is 12.8. The number of hydrogen-bond acceptors (Lipinski definition) is 5. The Labute approximate surface area is 205 Å². The van der Waals surface area contributed by atoms with Gasteiger partial charge in [0, 0.05) is 21.2 Å². The molecule has 4 rings (SSSR count). The number of alkyl halides is 2. The predicted octanol–water partition coefficient (Wildman–Crippen LogP) is 3.64. The van der Waals surface area contributed by atoms with Crippen LogP contribution in [0.5, 0.6) is 0 Å². The van der Waals surface area contributed by atoms with Crippen LogP contribution in [0.1, 0.15) is 12.8 Å². The van der Waals surface area contributed by atoms with Crippen LogP contribution in [0.15, 0.2) is 18.2 Å². The molecule has 11 heteroatoms. The van der Waals surface area contributed by atoms with Crippen LogP contribution in [0.3, 0.4) is 0 Å². The molecule has 3 fully saturated rings. The molecule has 31 heavy (non-hydrogen) atoms. The van der Waals surface area contributed by atoms with Crippen LogP contribution in [0.2, 0.25) is 10.0 Å². The van der Waals surface area contributed by atoms with Gasteiger partial charge in [0.05, 0.1) is 29.0 Å². The number of anilines is 1. The second-order valence-electron chi connectivity index (χ2n) is 7.91. The van der Waals surface area contributed by atoms with Crippen molar-refractivity contribution >= 4 is 84.4 Å². The Kier molecular flexibility index (Phi) is 6.68. The highest BCUT2D eigenvalue weighted by atomic mass is 79.9. The normalized spacial score (nSPS) is 31.2. The van der Waals surface area contributed by atoms with Gasteiger partial charge < -0.3 is 10.1 Å². The summed E-state index contributed by atoms with van der Waals surface area (Å²) in [5.41, 5.74) is 0.305. The van der Waals surface area contributed by atoms with E-state index < -0.39 is 18.5 Å². The lowest BCUT2D eigenvalue weighted by molar-refractivity contribution is -0.149. The lowest BCUT2D eigenvalue weighted by Gasteiger charge is -2.28. The third-order valence-corrected chi connectivity index (χ3v) is 9.96. The highest BCUT2D eigenvalue weighted by Crippen LogP contribution is 2.60. The fourth-order valence-electron chi connectivity index (χ4n) is 4.83. The molecule has 3 amide bonds. The number of esters is 1. The zero-order valence-electron chi connectivity index (χ0n) is 16.0. The molecule has 7 nitrogen and oxygen atoms in total. The van der Waals surface area contributed by atoms with Gasteiger partial charge >= 0.3 is 5.97 Å². The number of hydrogen-bond donors (Lipinski definition) is 1. The van der Waals surface area contributed by atoms with E-state index in [2.05, 4.69) is 37.2 Å². The lowest BCUT2D eigenvalue weighted by atomic mass is 9.81. The fourth-order valence-corrected chi connectivity index (χ4v) is 7.04. The van der Waals surface area contributed by atoms with Gasteiger partial charge in [0.25, 0.3) is 5.91 Å². The van der Waals surface area contributed by atoms with E-state index in [4.69, 9.17) is 27.9 Å². The summed E-state index contributed by atoms with van der Waals surface area (Å²) in [6, 6.07) is 4.59. The van der Waals surface area contributed by atoms with Crippen LogP contribution >= 0.6 is 55.1 Å². The third kappa shape index (κ3) is 4.26. The van der Waals surface area contributed by atoms with Crippen LogP contribution in [-0.4, -0.2) is 51.4 Å². The number of imide groups is 1. The lowest BCUT2D eigenvalue weighted by Crippen LogP contribution is -2.37. The van der Waals surface area contributed by atoms with E-state index in [1.165, 1.54) is 17.0 Å². The Balaban J connectivity index is 1.27. The molecule has 0 unspecified atom stereocenters. The number of amides is 3. The number of carbonyl (C=O) groups excluding carboxylic acids is 4. The number of nitrogens with one attached hydrogen (secondary N) is 1. The maximum Gasteiger partial charge on any atom is 0.308 e. The zero-order valence-corrected chi connectivity index (χ0v) is 20.7. The molecule has 1 aromatic rings. The minimum absolute atomic E-state index is 0.0510. The molecule has 1 aromatic carbocycles. The van der Waals surface area contributed by atoms with Gasteiger partial charge in [-0.3, -0.25) is 24.1 Å². The minimum atomic E-state index is -0.676. The monoisotopic (exact) mass is 594 g/mol. The molecule has 0 aromatic heterocycles. The highest BCUT2D eigenvalue weighted by Gasteiger charge is 2.66. The maximum atomic E-state index is 12.8. The van der Waals surface area contributed by atoms with Crippen molar-refractivity contribution in [3.8, 4) is 0 Å². The first-order valence-electron chi connectivity index (χ1n) is 9.73. The van der Waals surface area contributed by atoms with Crippen molar-refractivity contribution < 1.29 is 23.9 Å². The first-order valence-corrected chi connectivity index (χ1v) is 12.3. The standard InChI is InChI=1S/C20H18Br2Cl2N2O5/c21-17-9-6-10(18(17)22)16-15(9)19(29)26(20(16)30)4-3-14(28)31-7-13(27)25-12-5-8(23)1-2-11(12)24/h1-2,5,9-10,15-18H,3-4,6-7H2,(H,25,27)/t9-,10-,15-,16+,17+,18+/m1/s1. The summed E-state index contributed by atoms with van der Waals surface area (Å²) in [6.07, 6.45) is 0.674. The summed E-state index contributed by atoms with van der Waals surface area (Å²) in [7, 11) is 0. The number of benzene rings is 1. The van der Waals surface area contributed by atoms with Crippen molar-refractivity contribution in [3.05, 3.63) is 28.2 Å². The second-order valence-corrected chi connectivity index (χ2v) is 10.9. The molecule has 1 aliphatic heterocycles. The van der Waals surface area contributed by atoms with Crippen molar-refractivity contribution in [1.82, 2.24) is 4.90 Å². The largest absolute Gasteiger partial charge is 0.456 e. The Hall–Kier alpha value is -1.16. The van der Waals surface area contributed by atoms with Crippen LogP contribution in [-0.2, 0) is 23.9 Å². The van der Waals surface area contributed by atoms with E-state index in [0.29, 0.717) is 15.7 Å². The number of carbonyl (C=O) groups is 4. The van der Waals surface area contributed by atoms with Crippen LogP contribution in [0.4, 0.5) is 5.69 Å². The third-order valence-electron chi connectivity index (χ3n) is 6.18. The number of halogens is 4. The van der Waals surface area contributed by atoms with Gasteiger partial charge in [-0.1, -0.05) is 55.1 Å². The van der Waals surface area contributed by atoms with E-state index in [0.717, 1.165) is 6.42 Å². The quantitative estimate of drug-likeness (QED) is 0.308. The van der Waals surface area contributed by atoms with E-state index in [9.17, 15) is 19.2 Å². The van der Waals surface area contributed by atoms with Crippen molar-refractivity contribution in [1.29, 1.82) is 0 Å². The number of nitrogens with zero attached hydrogens (tertiary/aromatic N) is 1. The molecular weight excluding hydrogens is 579 g/mol. The molecule has 1 saturated heterocycles. The Morgan fingerprint density at radius 3 is 2.32 bits per heavy atom. The first-order chi connectivity index (χ1) is 14.7. The van der Waals surface area contributed by atoms with Crippen LogP contribution in [0, 0.1) is 23.7 Å². The number of likely N-dealkylation sites (tertiary alicyclic amines) is 1. The highest BCUT2D eigenvalue weighted by molar-refractivity contribution is 9.12. The summed E-state index contributed by atoms with van der Waals surface area (Å²) in [5, 5.41) is 3.20. The average Bonchev–Trinajstić information content (AvgIpc) is 3.33. The van der Waals surface area contributed by atoms with Gasteiger partial charge in [-0.25, -0.2) is 0 Å². The van der Waals surface area contributed by atoms with E-state index in [1.807, 2.05) is 0 Å². The average molecular weight is 597 g/mol. The van der Waals surface area contributed by atoms with Crippen molar-refractivity contribution in [2.24, 2.45) is 23.7 Å². The zero-order chi connectivity index (χ0) is 22.4. The summed E-state index contributed by atoms with van der Waals surface area (Å²) in [4.78, 5) is 51.2. The van der Waals surface area contributed by atoms with Crippen LogP contribution < -0.4 is 5.32 Å². The van der Waals surface area contributed by atoms with Gasteiger partial charge in [-0.05, 0) is 36.5 Å². The second kappa shape index (κ2) is 9.00. The fraction of sp³-hybridized carbons (Fsp3) is 0.500. The van der Waals surface area contributed by atoms with E-state index in [-0.39, 0.29) is 58.1 Å². The SMILES string of the molecule is O=C(COC(=O)CCN1C(=O)[C@@H]2[C@H]3C[C@@H]([C@H](Br)[C@H]3Br)[C@@H]2C1=O)Nc1cc(Cl)ccc1Cl. The van der Waals surface area contributed by atoms with Gasteiger partial charge in [0.15, 0.2) is 6.61 Å². The first kappa shape index (κ1) is 23.0. The summed E-state index contributed by atoms with van der Waals surface area (Å²) < 4.78 is 4.97. The molecule has 1 N–H and O–H groups in total. The topological polar surface area (TPSA) is 92.8 Å². The molecule has 1 heterocycles. The molecule has 0 spiro atoms.